The van der Waals surface area contributed by atoms with Gasteiger partial charge >= 0.3 is 40.8 Å². The minimum absolute atomic E-state index is 0. The number of rotatable bonds is 42. The van der Waals surface area contributed by atoms with Gasteiger partial charge in [0.15, 0.2) is 0 Å². The van der Waals surface area contributed by atoms with Gasteiger partial charge in [-0.1, -0.05) is 233 Å². The maximum absolute atomic E-state index is 11.7. The average Bonchev–Trinajstić information content (AvgIpc) is 3.10. The zero-order valence-corrected chi connectivity index (χ0v) is 40.2. The van der Waals surface area contributed by atoms with Gasteiger partial charge in [-0.15, -0.1) is 0 Å². The molecule has 0 aliphatic heterocycles. The summed E-state index contributed by atoms with van der Waals surface area (Å²) in [6, 6.07) is 0. The van der Waals surface area contributed by atoms with E-state index in [1.165, 1.54) is 186 Å². The van der Waals surface area contributed by atoms with Gasteiger partial charge in [-0.05, 0) is 19.3 Å². The summed E-state index contributed by atoms with van der Waals surface area (Å²) in [5.74, 6) is 0. The molecule has 0 N–H and O–H groups in total. The van der Waals surface area contributed by atoms with Crippen LogP contribution >= 0.6 is 15.6 Å². The molecule has 0 saturated heterocycles. The third-order valence-electron chi connectivity index (χ3n) is 9.74. The molecule has 0 aromatic rings. The number of phosphoric ester groups is 2. The first-order valence-corrected chi connectivity index (χ1v) is 25.4. The van der Waals surface area contributed by atoms with E-state index in [1.807, 2.05) is 0 Å². The standard InChI is InChI=1S/C24H51O4P.C18H39O4P.Nd/c1-3-5-7-9-11-13-15-17-19-21-23-27-29(25,26)28-24-22-20-18-16-14-12-10-8-6-4-2;1-2-3-4-5-6-7-8-9-10-11-12-13-14-15-16-17-18-22-23(19,20)21;/h3-24H2,1-2H3,(H,25,26);2-18H2,1H3,(H2,19,20,21);/q;;+3/p-3. The molecule has 53 heavy (non-hydrogen) atoms. The molecular formula is C42H87NdO8P2. The van der Waals surface area contributed by atoms with Crippen LogP contribution in [-0.4, -0.2) is 19.8 Å². The van der Waals surface area contributed by atoms with Gasteiger partial charge in [-0.2, -0.15) is 0 Å². The van der Waals surface area contributed by atoms with Gasteiger partial charge in [0, 0.05) is 0 Å². The Morgan fingerprint density at radius 3 is 0.660 bits per heavy atom. The van der Waals surface area contributed by atoms with E-state index in [1.54, 1.807) is 0 Å². The van der Waals surface area contributed by atoms with Crippen molar-refractivity contribution in [3.63, 3.8) is 0 Å². The largest absolute Gasteiger partial charge is 3.00 e. The molecule has 0 amide bonds. The smallest absolute Gasteiger partial charge is 0.790 e. The molecule has 0 saturated carbocycles. The van der Waals surface area contributed by atoms with E-state index < -0.39 is 15.6 Å². The zero-order valence-electron chi connectivity index (χ0n) is 35.2. The Morgan fingerprint density at radius 1 is 0.302 bits per heavy atom. The van der Waals surface area contributed by atoms with Crippen LogP contribution in [0.15, 0.2) is 0 Å². The van der Waals surface area contributed by atoms with Gasteiger partial charge in [-0.3, -0.25) is 4.57 Å². The van der Waals surface area contributed by atoms with Crippen LogP contribution < -0.4 is 14.7 Å². The fraction of sp³-hybridized carbons (Fsp3) is 1.00. The molecule has 0 rings (SSSR count). The number of phosphoric acid groups is 2. The second kappa shape index (κ2) is 47.9. The van der Waals surface area contributed by atoms with E-state index in [4.69, 9.17) is 9.05 Å². The minimum atomic E-state index is -4.76. The third kappa shape index (κ3) is 58.0. The number of unbranched alkanes of at least 4 members (excludes halogenated alkanes) is 33. The van der Waals surface area contributed by atoms with Crippen molar-refractivity contribution in [1.82, 2.24) is 0 Å². The molecule has 317 valence electrons. The summed E-state index contributed by atoms with van der Waals surface area (Å²) in [6.45, 7) is 7.31. The first kappa shape index (κ1) is 58.9. The van der Waals surface area contributed by atoms with Gasteiger partial charge in [-0.25, -0.2) is 0 Å². The van der Waals surface area contributed by atoms with Crippen LogP contribution in [0.5, 0.6) is 0 Å². The molecule has 0 atom stereocenters. The van der Waals surface area contributed by atoms with Crippen LogP contribution in [0.3, 0.4) is 0 Å². The van der Waals surface area contributed by atoms with Crippen molar-refractivity contribution in [2.45, 2.75) is 252 Å². The first-order valence-electron chi connectivity index (χ1n) is 22.4. The maximum atomic E-state index is 11.7. The van der Waals surface area contributed by atoms with Crippen LogP contribution in [0.2, 0.25) is 0 Å². The van der Waals surface area contributed by atoms with Gasteiger partial charge in [0.05, 0.1) is 27.6 Å². The summed E-state index contributed by atoms with van der Waals surface area (Å²) in [5, 5.41) is 0. The summed E-state index contributed by atoms with van der Waals surface area (Å²) < 4.78 is 36.1. The Labute approximate surface area is 363 Å². The topological polar surface area (TPSA) is 131 Å². The monoisotopic (exact) mass is 923 g/mol. The fourth-order valence-electron chi connectivity index (χ4n) is 6.40. The molecule has 0 heterocycles. The summed E-state index contributed by atoms with van der Waals surface area (Å²) in [6.07, 6.45) is 44.8. The van der Waals surface area contributed by atoms with Crippen LogP contribution in [0.25, 0.3) is 0 Å². The predicted molar refractivity (Wildman–Crippen MR) is 216 cm³/mol. The van der Waals surface area contributed by atoms with Gasteiger partial charge in [0.25, 0.3) is 7.82 Å². The molecule has 0 unspecified atom stereocenters. The van der Waals surface area contributed by atoms with E-state index in [-0.39, 0.29) is 60.7 Å². The van der Waals surface area contributed by atoms with Gasteiger partial charge < -0.3 is 32.8 Å². The predicted octanol–water partition coefficient (Wildman–Crippen LogP) is 13.4. The normalized spacial score (nSPS) is 11.7. The number of hydrogen-bond acceptors (Lipinski definition) is 8. The Balaban J connectivity index is -0.000000950. The zero-order chi connectivity index (χ0) is 38.7. The van der Waals surface area contributed by atoms with E-state index in [0.717, 1.165) is 38.5 Å². The Morgan fingerprint density at radius 2 is 0.472 bits per heavy atom. The van der Waals surface area contributed by atoms with E-state index in [9.17, 15) is 23.8 Å². The van der Waals surface area contributed by atoms with Crippen LogP contribution in [0, 0.1) is 40.8 Å². The molecule has 0 fully saturated rings. The van der Waals surface area contributed by atoms with Crippen LogP contribution in [0.4, 0.5) is 0 Å². The maximum Gasteiger partial charge on any atom is 3.00 e. The second-order valence-corrected chi connectivity index (χ2v) is 17.6. The van der Waals surface area contributed by atoms with Crippen molar-refractivity contribution in [3.8, 4) is 0 Å². The van der Waals surface area contributed by atoms with Gasteiger partial charge in [0.2, 0.25) is 0 Å². The van der Waals surface area contributed by atoms with Crippen LogP contribution in [0.1, 0.15) is 252 Å². The van der Waals surface area contributed by atoms with Crippen molar-refractivity contribution in [2.24, 2.45) is 0 Å². The quantitative estimate of drug-likeness (QED) is 0.0437. The van der Waals surface area contributed by atoms with Crippen molar-refractivity contribution in [1.29, 1.82) is 0 Å². The summed E-state index contributed by atoms with van der Waals surface area (Å²) in [7, 11) is -8.85. The number of hydrogen-bond donors (Lipinski definition) is 0. The first-order chi connectivity index (χ1) is 25.2. The summed E-state index contributed by atoms with van der Waals surface area (Å²) >= 11 is 0. The van der Waals surface area contributed by atoms with Crippen LogP contribution in [-0.2, 0) is 22.7 Å². The van der Waals surface area contributed by atoms with Crippen molar-refractivity contribution >= 4 is 15.6 Å². The minimum Gasteiger partial charge on any atom is -0.790 e. The molecule has 0 spiro atoms. The molecule has 1 radical (unpaired) electrons. The van der Waals surface area contributed by atoms with Crippen molar-refractivity contribution < 1.29 is 78.2 Å². The van der Waals surface area contributed by atoms with Crippen molar-refractivity contribution in [2.75, 3.05) is 19.8 Å². The molecule has 0 aromatic carbocycles. The molecule has 0 aliphatic carbocycles. The molecular weight excluding hydrogens is 839 g/mol. The third-order valence-corrected chi connectivity index (χ3v) is 11.2. The van der Waals surface area contributed by atoms with E-state index in [2.05, 4.69) is 25.3 Å². The Bertz CT molecular complexity index is 741. The molecule has 11 heteroatoms. The SMILES string of the molecule is CCCCCCCCCCCCCCCCCCOP(=O)([O-])[O-].CCCCCCCCCCCCOP(=O)([O-])OCCCCCCCCCCCC.[Nd+3]. The average molecular weight is 926 g/mol. The Kier molecular flexibility index (Phi) is 53.3. The molecule has 0 bridgehead atoms. The molecule has 0 aliphatic rings. The summed E-state index contributed by atoms with van der Waals surface area (Å²) in [5.41, 5.74) is 0. The second-order valence-electron chi connectivity index (χ2n) is 15.1. The summed E-state index contributed by atoms with van der Waals surface area (Å²) in [4.78, 5) is 32.2. The van der Waals surface area contributed by atoms with Crippen molar-refractivity contribution in [3.05, 3.63) is 0 Å². The van der Waals surface area contributed by atoms with Gasteiger partial charge in [0.1, 0.15) is 0 Å². The van der Waals surface area contributed by atoms with E-state index >= 15 is 0 Å². The fourth-order valence-corrected chi connectivity index (χ4v) is 7.53. The Hall–Kier alpha value is 1.57. The van der Waals surface area contributed by atoms with E-state index in [0.29, 0.717) is 6.42 Å². The molecule has 8 nitrogen and oxygen atoms in total. The molecule has 0 aromatic heterocycles.